The minimum atomic E-state index is -0.0618. The summed E-state index contributed by atoms with van der Waals surface area (Å²) in [5, 5.41) is 2.96. The van der Waals surface area contributed by atoms with Crippen LogP contribution in [0.1, 0.15) is 43.8 Å². The molecule has 1 saturated heterocycles. The summed E-state index contributed by atoms with van der Waals surface area (Å²) in [7, 11) is 0. The van der Waals surface area contributed by atoms with Gasteiger partial charge in [0.25, 0.3) is 0 Å². The van der Waals surface area contributed by atoms with Crippen LogP contribution in [0.2, 0.25) is 0 Å². The summed E-state index contributed by atoms with van der Waals surface area (Å²) in [5.41, 5.74) is 2.07. The quantitative estimate of drug-likeness (QED) is 0.906. The number of fused-ring (bicyclic) bond motifs is 1. The highest BCUT2D eigenvalue weighted by Gasteiger charge is 2.30. The van der Waals surface area contributed by atoms with Crippen molar-refractivity contribution in [2.75, 3.05) is 19.8 Å². The molecule has 1 fully saturated rings. The predicted octanol–water partition coefficient (Wildman–Crippen LogP) is 1.65. The van der Waals surface area contributed by atoms with Crippen LogP contribution >= 0.6 is 0 Å². The Balaban J connectivity index is 1.59. The molecule has 0 bridgehead atoms. The first-order valence-corrected chi connectivity index (χ1v) is 8.78. The minimum Gasteiger partial charge on any atom is -0.376 e. The number of urea groups is 1. The Bertz CT molecular complexity index is 581. The lowest BCUT2D eigenvalue weighted by atomic mass is 10.1. The SMILES string of the molecule is CCC1CN(C(=O)NCc2ncc3c(n2)CCOC3)C(CC)CO1. The van der Waals surface area contributed by atoms with Crippen LogP contribution in [0.3, 0.4) is 0 Å². The van der Waals surface area contributed by atoms with Crippen LogP contribution in [0.5, 0.6) is 0 Å². The van der Waals surface area contributed by atoms with E-state index in [0.717, 1.165) is 30.5 Å². The lowest BCUT2D eigenvalue weighted by Gasteiger charge is -2.39. The average Bonchev–Trinajstić information content (AvgIpc) is 2.65. The number of carbonyl (C=O) groups excluding carboxylic acids is 1. The van der Waals surface area contributed by atoms with Gasteiger partial charge < -0.3 is 19.7 Å². The third-order valence-corrected chi connectivity index (χ3v) is 4.70. The molecule has 1 aromatic rings. The van der Waals surface area contributed by atoms with E-state index in [1.807, 2.05) is 4.90 Å². The fourth-order valence-electron chi connectivity index (χ4n) is 3.10. The van der Waals surface area contributed by atoms with Crippen molar-refractivity contribution in [3.05, 3.63) is 23.3 Å². The Morgan fingerprint density at radius 2 is 2.29 bits per heavy atom. The van der Waals surface area contributed by atoms with E-state index in [1.165, 1.54) is 0 Å². The number of hydrogen-bond donors (Lipinski definition) is 1. The summed E-state index contributed by atoms with van der Waals surface area (Å²) in [5.74, 6) is 0.650. The van der Waals surface area contributed by atoms with Crippen molar-refractivity contribution in [2.45, 2.75) is 58.4 Å². The van der Waals surface area contributed by atoms with Crippen molar-refractivity contribution in [3.63, 3.8) is 0 Å². The van der Waals surface area contributed by atoms with Crippen molar-refractivity contribution >= 4 is 6.03 Å². The van der Waals surface area contributed by atoms with E-state index in [-0.39, 0.29) is 18.2 Å². The van der Waals surface area contributed by atoms with Gasteiger partial charge in [-0.05, 0) is 12.8 Å². The summed E-state index contributed by atoms with van der Waals surface area (Å²) in [6.45, 7) is 7.03. The van der Waals surface area contributed by atoms with Gasteiger partial charge in [0.05, 0.1) is 44.2 Å². The Morgan fingerprint density at radius 1 is 1.42 bits per heavy atom. The second-order valence-corrected chi connectivity index (χ2v) is 6.30. The van der Waals surface area contributed by atoms with Gasteiger partial charge in [-0.25, -0.2) is 14.8 Å². The summed E-state index contributed by atoms with van der Waals surface area (Å²) in [4.78, 5) is 23.3. The molecule has 0 aromatic carbocycles. The smallest absolute Gasteiger partial charge is 0.318 e. The Hall–Kier alpha value is -1.73. The predicted molar refractivity (Wildman–Crippen MR) is 88.4 cm³/mol. The number of nitrogens with zero attached hydrogens (tertiary/aromatic N) is 3. The highest BCUT2D eigenvalue weighted by Crippen LogP contribution is 2.17. The van der Waals surface area contributed by atoms with E-state index in [0.29, 0.717) is 38.7 Å². The molecule has 2 aliphatic rings. The van der Waals surface area contributed by atoms with Gasteiger partial charge in [0.15, 0.2) is 0 Å². The van der Waals surface area contributed by atoms with Crippen LogP contribution in [0, 0.1) is 0 Å². The average molecular weight is 334 g/mol. The lowest BCUT2D eigenvalue weighted by molar-refractivity contribution is -0.0479. The van der Waals surface area contributed by atoms with Crippen LogP contribution < -0.4 is 5.32 Å². The van der Waals surface area contributed by atoms with Gasteiger partial charge >= 0.3 is 6.03 Å². The molecule has 2 amide bonds. The van der Waals surface area contributed by atoms with E-state index in [9.17, 15) is 4.79 Å². The molecule has 0 radical (unpaired) electrons. The molecule has 24 heavy (non-hydrogen) atoms. The second-order valence-electron chi connectivity index (χ2n) is 6.30. The highest BCUT2D eigenvalue weighted by atomic mass is 16.5. The number of ether oxygens (including phenoxy) is 2. The van der Waals surface area contributed by atoms with E-state index in [4.69, 9.17) is 9.47 Å². The van der Waals surface area contributed by atoms with E-state index < -0.39 is 0 Å². The van der Waals surface area contributed by atoms with Gasteiger partial charge in [-0.3, -0.25) is 0 Å². The third-order valence-electron chi connectivity index (χ3n) is 4.70. The zero-order valence-corrected chi connectivity index (χ0v) is 14.5. The van der Waals surface area contributed by atoms with Gasteiger partial charge in [-0.1, -0.05) is 13.8 Å². The van der Waals surface area contributed by atoms with Gasteiger partial charge in [-0.15, -0.1) is 0 Å². The van der Waals surface area contributed by atoms with Gasteiger partial charge in [-0.2, -0.15) is 0 Å². The maximum absolute atomic E-state index is 12.6. The number of nitrogens with one attached hydrogen (secondary N) is 1. The number of rotatable bonds is 4. The number of carbonyl (C=O) groups is 1. The Kier molecular flexibility index (Phi) is 5.63. The van der Waals surface area contributed by atoms with Crippen LogP contribution in [0.4, 0.5) is 4.79 Å². The molecule has 0 saturated carbocycles. The van der Waals surface area contributed by atoms with E-state index in [2.05, 4.69) is 29.1 Å². The molecule has 0 spiro atoms. The summed E-state index contributed by atoms with van der Waals surface area (Å²) >= 11 is 0. The highest BCUT2D eigenvalue weighted by molar-refractivity contribution is 5.74. The summed E-state index contributed by atoms with van der Waals surface area (Å²) in [6, 6.07) is 0.0719. The number of hydrogen-bond acceptors (Lipinski definition) is 5. The lowest BCUT2D eigenvalue weighted by Crippen LogP contribution is -2.54. The van der Waals surface area contributed by atoms with Crippen molar-refractivity contribution in [3.8, 4) is 0 Å². The largest absolute Gasteiger partial charge is 0.376 e. The zero-order chi connectivity index (χ0) is 16.9. The van der Waals surface area contributed by atoms with Gasteiger partial charge in [0, 0.05) is 24.7 Å². The normalized spacial score (nSPS) is 23.7. The maximum Gasteiger partial charge on any atom is 0.318 e. The first-order valence-electron chi connectivity index (χ1n) is 8.78. The van der Waals surface area contributed by atoms with Crippen molar-refractivity contribution in [1.82, 2.24) is 20.2 Å². The molecule has 2 unspecified atom stereocenters. The van der Waals surface area contributed by atoms with Crippen LogP contribution in [0.25, 0.3) is 0 Å². The fourth-order valence-corrected chi connectivity index (χ4v) is 3.10. The Labute approximate surface area is 142 Å². The second kappa shape index (κ2) is 7.90. The van der Waals surface area contributed by atoms with E-state index >= 15 is 0 Å². The Morgan fingerprint density at radius 3 is 3.08 bits per heavy atom. The first-order chi connectivity index (χ1) is 11.7. The summed E-state index contributed by atoms with van der Waals surface area (Å²) < 4.78 is 11.2. The number of amides is 2. The van der Waals surface area contributed by atoms with Crippen LogP contribution in [-0.4, -0.2) is 52.8 Å². The topological polar surface area (TPSA) is 76.6 Å². The van der Waals surface area contributed by atoms with Crippen molar-refractivity contribution < 1.29 is 14.3 Å². The molecule has 7 nitrogen and oxygen atoms in total. The minimum absolute atomic E-state index is 0.0618. The molecular weight excluding hydrogens is 308 g/mol. The number of aromatic nitrogens is 2. The standard InChI is InChI=1S/C17H26N4O3/c1-3-13-11-24-14(4-2)9-21(13)17(22)19-8-16-18-7-12-10-23-6-5-15(12)20-16/h7,13-14H,3-6,8-11H2,1-2H3,(H,19,22). The zero-order valence-electron chi connectivity index (χ0n) is 14.5. The molecule has 1 aromatic heterocycles. The fraction of sp³-hybridized carbons (Fsp3) is 0.706. The maximum atomic E-state index is 12.6. The molecule has 132 valence electrons. The molecule has 3 heterocycles. The first kappa shape index (κ1) is 17.1. The molecule has 3 rings (SSSR count). The molecule has 0 aliphatic carbocycles. The molecule has 1 N–H and O–H groups in total. The van der Waals surface area contributed by atoms with Gasteiger partial charge in [0.2, 0.25) is 0 Å². The van der Waals surface area contributed by atoms with E-state index in [1.54, 1.807) is 6.20 Å². The summed E-state index contributed by atoms with van der Waals surface area (Å²) in [6.07, 6.45) is 4.53. The molecule has 7 heteroatoms. The monoisotopic (exact) mass is 334 g/mol. The molecule has 2 atom stereocenters. The van der Waals surface area contributed by atoms with Crippen LogP contribution in [0.15, 0.2) is 6.20 Å². The van der Waals surface area contributed by atoms with Crippen molar-refractivity contribution in [2.24, 2.45) is 0 Å². The third kappa shape index (κ3) is 3.84. The van der Waals surface area contributed by atoms with Crippen molar-refractivity contribution in [1.29, 1.82) is 0 Å². The molecule has 2 aliphatic heterocycles. The molecular formula is C17H26N4O3. The van der Waals surface area contributed by atoms with Gasteiger partial charge in [0.1, 0.15) is 5.82 Å². The number of morpholine rings is 1. The van der Waals surface area contributed by atoms with Crippen LogP contribution in [-0.2, 0) is 29.0 Å².